The fraction of sp³-hybridized carbons (Fsp3) is 0.333. The first-order valence-electron chi connectivity index (χ1n) is 9.88. The zero-order valence-electron chi connectivity index (χ0n) is 16.8. The number of carbonyl (C=O) groups is 1. The molecular formula is C21H21N5O3S. The number of anilines is 1. The van der Waals surface area contributed by atoms with E-state index in [2.05, 4.69) is 15.4 Å². The summed E-state index contributed by atoms with van der Waals surface area (Å²) < 4.78 is 7.94. The number of benzene rings is 1. The highest BCUT2D eigenvalue weighted by Gasteiger charge is 2.22. The number of thiophene rings is 1. The third-order valence-electron chi connectivity index (χ3n) is 5.46. The number of fused-ring (bicyclic) bond motifs is 5. The molecule has 1 aliphatic rings. The number of carbonyl (C=O) groups excluding carboxylic acids is 1. The molecule has 1 aromatic carbocycles. The minimum Gasteiger partial charge on any atom is -0.495 e. The van der Waals surface area contributed by atoms with Gasteiger partial charge in [0.05, 0.1) is 18.2 Å². The first-order valence-corrected chi connectivity index (χ1v) is 10.7. The van der Waals surface area contributed by atoms with Crippen LogP contribution in [0.25, 0.3) is 15.9 Å². The lowest BCUT2D eigenvalue weighted by Gasteiger charge is -2.10. The molecule has 5 rings (SSSR count). The van der Waals surface area contributed by atoms with Crippen molar-refractivity contribution in [3.63, 3.8) is 0 Å². The molecule has 0 atom stereocenters. The van der Waals surface area contributed by atoms with Gasteiger partial charge in [-0.2, -0.15) is 0 Å². The van der Waals surface area contributed by atoms with Crippen LogP contribution in [0, 0.1) is 6.92 Å². The largest absolute Gasteiger partial charge is 0.495 e. The second kappa shape index (κ2) is 7.24. The average molecular weight is 423 g/mol. The number of aromatic nitrogens is 4. The summed E-state index contributed by atoms with van der Waals surface area (Å²) in [6.07, 6.45) is 5.85. The van der Waals surface area contributed by atoms with E-state index in [0.717, 1.165) is 35.0 Å². The number of hydrogen-bond acceptors (Lipinski definition) is 6. The van der Waals surface area contributed by atoms with Crippen LogP contribution in [-0.2, 0) is 24.2 Å². The summed E-state index contributed by atoms with van der Waals surface area (Å²) in [5.41, 5.74) is 3.01. The van der Waals surface area contributed by atoms with E-state index in [9.17, 15) is 9.59 Å². The number of nitrogens with one attached hydrogen (secondary N) is 1. The van der Waals surface area contributed by atoms with Gasteiger partial charge in [0, 0.05) is 4.88 Å². The van der Waals surface area contributed by atoms with Crippen molar-refractivity contribution >= 4 is 38.8 Å². The Balaban J connectivity index is 1.51. The van der Waals surface area contributed by atoms with Gasteiger partial charge in [-0.3, -0.25) is 4.79 Å². The normalized spacial score (nSPS) is 13.5. The van der Waals surface area contributed by atoms with Crippen molar-refractivity contribution in [3.8, 4) is 5.75 Å². The highest BCUT2D eigenvalue weighted by atomic mass is 32.1. The van der Waals surface area contributed by atoms with Crippen molar-refractivity contribution < 1.29 is 9.53 Å². The first kappa shape index (κ1) is 18.8. The Labute approximate surface area is 176 Å². The van der Waals surface area contributed by atoms with Gasteiger partial charge >= 0.3 is 5.69 Å². The third-order valence-corrected chi connectivity index (χ3v) is 6.66. The number of nitrogens with zero attached hydrogens (tertiary/aromatic N) is 4. The molecule has 0 saturated heterocycles. The Hall–Kier alpha value is -3.20. The predicted octanol–water partition coefficient (Wildman–Crippen LogP) is 2.94. The van der Waals surface area contributed by atoms with Crippen LogP contribution in [0.4, 0.5) is 5.69 Å². The molecule has 0 saturated carbocycles. The predicted molar refractivity (Wildman–Crippen MR) is 116 cm³/mol. The number of amides is 1. The van der Waals surface area contributed by atoms with Crippen molar-refractivity contribution in [3.05, 3.63) is 51.0 Å². The van der Waals surface area contributed by atoms with Gasteiger partial charge in [0.1, 0.15) is 23.5 Å². The lowest BCUT2D eigenvalue weighted by molar-refractivity contribution is -0.117. The average Bonchev–Trinajstić information content (AvgIpc) is 3.26. The number of methoxy groups -OCH3 is 1. The van der Waals surface area contributed by atoms with Crippen LogP contribution in [0.2, 0.25) is 0 Å². The lowest BCUT2D eigenvalue weighted by atomic mass is 9.97. The van der Waals surface area contributed by atoms with Crippen LogP contribution in [0.5, 0.6) is 5.75 Å². The molecule has 154 valence electrons. The minimum atomic E-state index is -0.374. The van der Waals surface area contributed by atoms with Crippen molar-refractivity contribution in [1.29, 1.82) is 0 Å². The molecule has 1 N–H and O–H groups in total. The zero-order valence-corrected chi connectivity index (χ0v) is 17.6. The van der Waals surface area contributed by atoms with Crippen molar-refractivity contribution in [2.24, 2.45) is 0 Å². The molecule has 0 spiro atoms. The third kappa shape index (κ3) is 3.06. The summed E-state index contributed by atoms with van der Waals surface area (Å²) in [6, 6.07) is 5.53. The van der Waals surface area contributed by atoms with E-state index in [4.69, 9.17) is 4.74 Å². The van der Waals surface area contributed by atoms with Crippen LogP contribution >= 0.6 is 11.3 Å². The Kier molecular flexibility index (Phi) is 4.54. The van der Waals surface area contributed by atoms with Crippen LogP contribution in [-0.4, -0.2) is 32.2 Å². The summed E-state index contributed by atoms with van der Waals surface area (Å²) in [6.45, 7) is 1.74. The SMILES string of the molecule is COc1ccc(C)cc1NC(=O)Cn1nc2c3c4c(sc3ncn2c1=O)CCCC4. The lowest BCUT2D eigenvalue weighted by Crippen LogP contribution is -2.28. The van der Waals surface area contributed by atoms with Crippen molar-refractivity contribution in [2.75, 3.05) is 12.4 Å². The molecule has 8 nitrogen and oxygen atoms in total. The Bertz CT molecular complexity index is 1350. The Morgan fingerprint density at radius 2 is 2.13 bits per heavy atom. The van der Waals surface area contributed by atoms with Gasteiger partial charge in [0.25, 0.3) is 0 Å². The summed E-state index contributed by atoms with van der Waals surface area (Å²) in [4.78, 5) is 32.2. The molecule has 0 aliphatic heterocycles. The topological polar surface area (TPSA) is 90.5 Å². The van der Waals surface area contributed by atoms with Gasteiger partial charge in [-0.1, -0.05) is 6.07 Å². The van der Waals surface area contributed by atoms with Gasteiger partial charge in [0.15, 0.2) is 5.65 Å². The van der Waals surface area contributed by atoms with E-state index in [-0.39, 0.29) is 18.1 Å². The molecule has 0 radical (unpaired) electrons. The molecular weight excluding hydrogens is 402 g/mol. The van der Waals surface area contributed by atoms with Crippen molar-refractivity contribution in [1.82, 2.24) is 19.2 Å². The van der Waals surface area contributed by atoms with Crippen LogP contribution in [0.1, 0.15) is 28.8 Å². The molecule has 30 heavy (non-hydrogen) atoms. The molecule has 0 unspecified atom stereocenters. The van der Waals surface area contributed by atoms with Crippen LogP contribution < -0.4 is 15.7 Å². The fourth-order valence-corrected chi connectivity index (χ4v) is 5.25. The number of rotatable bonds is 4. The number of aryl methyl sites for hydroxylation is 3. The van der Waals surface area contributed by atoms with E-state index in [1.165, 1.54) is 32.3 Å². The highest BCUT2D eigenvalue weighted by Crippen LogP contribution is 2.36. The summed E-state index contributed by atoms with van der Waals surface area (Å²) in [7, 11) is 1.55. The van der Waals surface area contributed by atoms with Gasteiger partial charge in [-0.05, 0) is 55.9 Å². The first-order chi connectivity index (χ1) is 14.5. The number of ether oxygens (including phenoxy) is 1. The van der Waals surface area contributed by atoms with Gasteiger partial charge in [0.2, 0.25) is 5.91 Å². The van der Waals surface area contributed by atoms with E-state index in [1.807, 2.05) is 19.1 Å². The molecule has 9 heteroatoms. The molecule has 1 aliphatic carbocycles. The van der Waals surface area contributed by atoms with Gasteiger partial charge < -0.3 is 10.1 Å². The van der Waals surface area contributed by atoms with Crippen molar-refractivity contribution in [2.45, 2.75) is 39.2 Å². The smallest absolute Gasteiger partial charge is 0.352 e. The van der Waals surface area contributed by atoms with Gasteiger partial charge in [-0.15, -0.1) is 16.4 Å². The van der Waals surface area contributed by atoms with Crippen LogP contribution in [0.3, 0.4) is 0 Å². The van der Waals surface area contributed by atoms with E-state index < -0.39 is 0 Å². The monoisotopic (exact) mass is 423 g/mol. The quantitative estimate of drug-likeness (QED) is 0.545. The maximum absolute atomic E-state index is 12.8. The van der Waals surface area contributed by atoms with E-state index in [0.29, 0.717) is 17.1 Å². The molecule has 0 fully saturated rings. The standard InChI is InChI=1S/C21H21N5O3S/c1-12-7-8-15(29-2)14(9-12)23-17(27)10-26-21(28)25-11-22-20-18(19(25)24-26)13-5-3-4-6-16(13)30-20/h7-9,11H,3-6,10H2,1-2H3,(H,23,27). The maximum Gasteiger partial charge on any atom is 0.352 e. The van der Waals surface area contributed by atoms with Gasteiger partial charge in [-0.25, -0.2) is 18.9 Å². The molecule has 3 heterocycles. The van der Waals surface area contributed by atoms with E-state index in [1.54, 1.807) is 24.5 Å². The summed E-state index contributed by atoms with van der Waals surface area (Å²) in [5.74, 6) is 0.216. The molecule has 0 bridgehead atoms. The second-order valence-electron chi connectivity index (χ2n) is 7.52. The second-order valence-corrected chi connectivity index (χ2v) is 8.60. The molecule has 3 aromatic heterocycles. The zero-order chi connectivity index (χ0) is 20.8. The van der Waals surface area contributed by atoms with E-state index >= 15 is 0 Å². The highest BCUT2D eigenvalue weighted by molar-refractivity contribution is 7.19. The Morgan fingerprint density at radius 3 is 2.97 bits per heavy atom. The maximum atomic E-state index is 12.8. The van der Waals surface area contributed by atoms with Crippen LogP contribution in [0.15, 0.2) is 29.3 Å². The summed E-state index contributed by atoms with van der Waals surface area (Å²) in [5, 5.41) is 8.27. The molecule has 1 amide bonds. The fourth-order valence-electron chi connectivity index (χ4n) is 4.03. The summed E-state index contributed by atoms with van der Waals surface area (Å²) >= 11 is 1.68. The minimum absolute atomic E-state index is 0.189. The molecule has 4 aromatic rings. The Morgan fingerprint density at radius 1 is 1.30 bits per heavy atom. The number of hydrogen-bond donors (Lipinski definition) is 1.